The Morgan fingerprint density at radius 3 is 1.20 bits per heavy atom. The third kappa shape index (κ3) is 11.8. The summed E-state index contributed by atoms with van der Waals surface area (Å²) >= 11 is 0. The first-order valence-electron chi connectivity index (χ1n) is 4.00. The first-order valence-corrected chi connectivity index (χ1v) is 4.00. The van der Waals surface area contributed by atoms with Crippen LogP contribution in [0.4, 0.5) is 0 Å². The van der Waals surface area contributed by atoms with E-state index in [1.54, 1.807) is 0 Å². The Labute approximate surface area is 91.0 Å². The van der Waals surface area contributed by atoms with Gasteiger partial charge in [-0.15, -0.1) is 0 Å². The molecule has 0 aliphatic heterocycles. The second-order valence-electron chi connectivity index (χ2n) is 2.47. The van der Waals surface area contributed by atoms with Gasteiger partial charge in [0.25, 0.3) is 0 Å². The molecule has 1 radical (unpaired) electrons. The molecule has 0 bridgehead atoms. The Morgan fingerprint density at radius 1 is 0.600 bits per heavy atom. The van der Waals surface area contributed by atoms with E-state index in [9.17, 15) is 0 Å². The fourth-order valence-electron chi connectivity index (χ4n) is 0.884. The van der Waals surface area contributed by atoms with Crippen molar-refractivity contribution in [2.75, 3.05) is 0 Å². The van der Waals surface area contributed by atoms with Gasteiger partial charge in [-0.2, -0.15) is 12.8 Å². The Balaban J connectivity index is 0. The Bertz CT molecular complexity index is 38.0. The molecule has 0 N–H and O–H groups in total. The second kappa shape index (κ2) is 12.8. The fraction of sp³-hybridized carbons (Fsp3) is 0.778. The van der Waals surface area contributed by atoms with Gasteiger partial charge in [0.1, 0.15) is 0 Å². The van der Waals surface area contributed by atoms with Crippen LogP contribution in [-0.4, -0.2) is 0 Å². The SMILES string of the molecule is [CH2-]CCCCCCC[CH2-].[Y]. The third-order valence-corrected chi connectivity index (χ3v) is 1.50. The van der Waals surface area contributed by atoms with Gasteiger partial charge in [-0.25, -0.2) is 0 Å². The predicted octanol–water partition coefficient (Wildman–Crippen LogP) is 3.38. The summed E-state index contributed by atoms with van der Waals surface area (Å²) in [6.45, 7) is 7.58. The zero-order chi connectivity index (χ0) is 6.95. The smallest absolute Gasteiger partial charge is 0 e. The molecule has 0 aromatic heterocycles. The molecule has 0 nitrogen and oxygen atoms in total. The van der Waals surface area contributed by atoms with Gasteiger partial charge in [-0.1, -0.05) is 32.1 Å². The average molecular weight is 215 g/mol. The molecule has 0 fully saturated rings. The van der Waals surface area contributed by atoms with E-state index in [2.05, 4.69) is 13.8 Å². The van der Waals surface area contributed by atoms with Crippen LogP contribution in [0.1, 0.15) is 44.9 Å². The van der Waals surface area contributed by atoms with Crippen molar-refractivity contribution in [1.82, 2.24) is 0 Å². The molecule has 59 valence electrons. The topological polar surface area (TPSA) is 0 Å². The summed E-state index contributed by atoms with van der Waals surface area (Å²) in [5, 5.41) is 0. The predicted molar refractivity (Wildman–Crippen MR) is 43.0 cm³/mol. The summed E-state index contributed by atoms with van der Waals surface area (Å²) in [5.74, 6) is 0. The van der Waals surface area contributed by atoms with E-state index < -0.39 is 0 Å². The quantitative estimate of drug-likeness (QED) is 0.470. The van der Waals surface area contributed by atoms with Crippen LogP contribution in [0, 0.1) is 13.8 Å². The maximum absolute atomic E-state index is 3.79. The molecule has 0 saturated carbocycles. The molecule has 10 heavy (non-hydrogen) atoms. The molecule has 0 heterocycles. The van der Waals surface area contributed by atoms with Gasteiger partial charge < -0.3 is 13.8 Å². The molecule has 0 unspecified atom stereocenters. The molecular weight excluding hydrogens is 197 g/mol. The van der Waals surface area contributed by atoms with Gasteiger partial charge in [0.2, 0.25) is 0 Å². The zero-order valence-electron chi connectivity index (χ0n) is 6.94. The number of unbranched alkanes of at least 4 members (excludes halogenated alkanes) is 6. The Hall–Kier alpha value is 1.10. The standard InChI is InChI=1S/C9H18.Y/c1-3-5-7-9-8-6-4-2;/h1-9H2;/q-2;. The summed E-state index contributed by atoms with van der Waals surface area (Å²) in [6, 6.07) is 0. The number of rotatable bonds is 6. The molecule has 0 aromatic rings. The Kier molecular flexibility index (Phi) is 17.4. The summed E-state index contributed by atoms with van der Waals surface area (Å²) < 4.78 is 0. The maximum Gasteiger partial charge on any atom is 0 e. The first kappa shape index (κ1) is 13.7. The van der Waals surface area contributed by atoms with E-state index in [0.29, 0.717) is 0 Å². The van der Waals surface area contributed by atoms with Gasteiger partial charge >= 0.3 is 0 Å². The van der Waals surface area contributed by atoms with Gasteiger partial charge in [0, 0.05) is 32.7 Å². The van der Waals surface area contributed by atoms with Crippen molar-refractivity contribution in [3.8, 4) is 0 Å². The maximum atomic E-state index is 3.79. The van der Waals surface area contributed by atoms with Crippen LogP contribution in [0.25, 0.3) is 0 Å². The summed E-state index contributed by atoms with van der Waals surface area (Å²) in [5.41, 5.74) is 0. The van der Waals surface area contributed by atoms with Crippen molar-refractivity contribution in [2.45, 2.75) is 44.9 Å². The average Bonchev–Trinajstić information content (AvgIpc) is 1.89. The van der Waals surface area contributed by atoms with Crippen molar-refractivity contribution < 1.29 is 32.7 Å². The minimum absolute atomic E-state index is 0. The summed E-state index contributed by atoms with van der Waals surface area (Å²) in [4.78, 5) is 0. The molecule has 0 aliphatic rings. The van der Waals surface area contributed by atoms with Crippen molar-refractivity contribution in [2.24, 2.45) is 0 Å². The van der Waals surface area contributed by atoms with Crippen molar-refractivity contribution in [3.63, 3.8) is 0 Å². The van der Waals surface area contributed by atoms with Gasteiger partial charge in [0.15, 0.2) is 0 Å². The number of hydrogen-bond acceptors (Lipinski definition) is 0. The van der Waals surface area contributed by atoms with E-state index in [-0.39, 0.29) is 32.7 Å². The van der Waals surface area contributed by atoms with Crippen LogP contribution < -0.4 is 0 Å². The second-order valence-corrected chi connectivity index (χ2v) is 2.47. The molecule has 0 spiro atoms. The minimum atomic E-state index is 0. The molecule has 0 rings (SSSR count). The van der Waals surface area contributed by atoms with Gasteiger partial charge in [-0.3, -0.25) is 0 Å². The molecule has 0 atom stereocenters. The zero-order valence-corrected chi connectivity index (χ0v) is 9.78. The van der Waals surface area contributed by atoms with Crippen molar-refractivity contribution in [1.29, 1.82) is 0 Å². The largest absolute Gasteiger partial charge is 0.343 e. The fourth-order valence-corrected chi connectivity index (χ4v) is 0.884. The van der Waals surface area contributed by atoms with Crippen LogP contribution in [0.5, 0.6) is 0 Å². The first-order chi connectivity index (χ1) is 4.41. The Morgan fingerprint density at radius 2 is 0.900 bits per heavy atom. The molecule has 0 aliphatic carbocycles. The van der Waals surface area contributed by atoms with Crippen molar-refractivity contribution >= 4 is 0 Å². The molecule has 0 aromatic carbocycles. The minimum Gasteiger partial charge on any atom is -0.343 e. The number of hydrogen-bond donors (Lipinski definition) is 0. The van der Waals surface area contributed by atoms with Gasteiger partial charge in [-0.05, 0) is 0 Å². The molecule has 0 amide bonds. The molecule has 0 saturated heterocycles. The van der Waals surface area contributed by atoms with E-state index >= 15 is 0 Å². The van der Waals surface area contributed by atoms with E-state index in [1.807, 2.05) is 0 Å². The summed E-state index contributed by atoms with van der Waals surface area (Å²) in [7, 11) is 0. The van der Waals surface area contributed by atoms with Crippen molar-refractivity contribution in [3.05, 3.63) is 13.8 Å². The van der Waals surface area contributed by atoms with E-state index in [1.165, 1.54) is 32.1 Å². The van der Waals surface area contributed by atoms with E-state index in [0.717, 1.165) is 12.8 Å². The molecular formula is C9H18Y-2. The van der Waals surface area contributed by atoms with Crippen LogP contribution in [0.3, 0.4) is 0 Å². The summed E-state index contributed by atoms with van der Waals surface area (Å²) in [6.07, 6.45) is 8.92. The van der Waals surface area contributed by atoms with Gasteiger partial charge in [0.05, 0.1) is 0 Å². The third-order valence-electron chi connectivity index (χ3n) is 1.50. The normalized spacial score (nSPS) is 9.00. The molecule has 1 heteroatoms. The monoisotopic (exact) mass is 215 g/mol. The van der Waals surface area contributed by atoms with Crippen LogP contribution in [0.15, 0.2) is 0 Å². The van der Waals surface area contributed by atoms with Crippen LogP contribution >= 0.6 is 0 Å². The van der Waals surface area contributed by atoms with Crippen LogP contribution in [-0.2, 0) is 32.7 Å². The van der Waals surface area contributed by atoms with Crippen LogP contribution in [0.2, 0.25) is 0 Å². The van der Waals surface area contributed by atoms with E-state index in [4.69, 9.17) is 0 Å².